The quantitative estimate of drug-likeness (QED) is 0.816. The monoisotopic (exact) mass is 244 g/mol. The Kier molecular flexibility index (Phi) is 3.40. The van der Waals surface area contributed by atoms with E-state index in [1.54, 1.807) is 11.1 Å². The molecule has 0 aromatic heterocycles. The summed E-state index contributed by atoms with van der Waals surface area (Å²) in [7, 11) is 0. The second-order valence-electron chi connectivity index (χ2n) is 5.95. The number of rotatable bonds is 1. The van der Waals surface area contributed by atoms with Crippen LogP contribution in [0.3, 0.4) is 0 Å². The molecular formula is C16H24N2. The van der Waals surface area contributed by atoms with E-state index in [-0.39, 0.29) is 0 Å². The topological polar surface area (TPSA) is 15.3 Å². The van der Waals surface area contributed by atoms with Crippen molar-refractivity contribution in [3.05, 3.63) is 34.9 Å². The lowest BCUT2D eigenvalue weighted by molar-refractivity contribution is 0.119. The molecule has 0 saturated carbocycles. The minimum absolute atomic E-state index is 0.649. The highest BCUT2D eigenvalue weighted by Crippen LogP contribution is 2.38. The van der Waals surface area contributed by atoms with Gasteiger partial charge < -0.3 is 5.32 Å². The molecule has 1 aliphatic carbocycles. The number of nitrogens with zero attached hydrogens (tertiary/aromatic N) is 1. The SMILES string of the molecule is Cc1ccc2c(c1)C(N1CCNCC1)C(C)CC2. The zero-order chi connectivity index (χ0) is 12.5. The number of fused-ring (bicyclic) bond motifs is 1. The van der Waals surface area contributed by atoms with E-state index >= 15 is 0 Å². The summed E-state index contributed by atoms with van der Waals surface area (Å²) in [6.07, 6.45) is 2.60. The van der Waals surface area contributed by atoms with Crippen LogP contribution in [-0.2, 0) is 6.42 Å². The summed E-state index contributed by atoms with van der Waals surface area (Å²) in [5, 5.41) is 3.46. The maximum absolute atomic E-state index is 3.46. The van der Waals surface area contributed by atoms with Crippen molar-refractivity contribution in [1.29, 1.82) is 0 Å². The molecule has 1 N–H and O–H groups in total. The number of benzene rings is 1. The Hall–Kier alpha value is -0.860. The van der Waals surface area contributed by atoms with Gasteiger partial charge in [0.05, 0.1) is 0 Å². The normalized spacial score (nSPS) is 29.0. The van der Waals surface area contributed by atoms with Crippen LogP contribution >= 0.6 is 0 Å². The zero-order valence-electron chi connectivity index (χ0n) is 11.6. The summed E-state index contributed by atoms with van der Waals surface area (Å²) in [4.78, 5) is 2.69. The molecule has 1 aromatic rings. The third kappa shape index (κ3) is 2.19. The van der Waals surface area contributed by atoms with Crippen molar-refractivity contribution in [3.8, 4) is 0 Å². The fourth-order valence-corrected chi connectivity index (χ4v) is 3.58. The lowest BCUT2D eigenvalue weighted by Crippen LogP contribution is -2.47. The van der Waals surface area contributed by atoms with E-state index in [1.165, 1.54) is 31.5 Å². The van der Waals surface area contributed by atoms with Gasteiger partial charge in [-0.3, -0.25) is 4.90 Å². The second-order valence-corrected chi connectivity index (χ2v) is 5.95. The second kappa shape index (κ2) is 5.02. The molecule has 2 nitrogen and oxygen atoms in total. The van der Waals surface area contributed by atoms with Crippen LogP contribution in [0.15, 0.2) is 18.2 Å². The average Bonchev–Trinajstić information content (AvgIpc) is 2.39. The van der Waals surface area contributed by atoms with Crippen molar-refractivity contribution >= 4 is 0 Å². The first-order valence-corrected chi connectivity index (χ1v) is 7.30. The molecule has 1 aliphatic heterocycles. The zero-order valence-corrected chi connectivity index (χ0v) is 11.6. The third-order valence-corrected chi connectivity index (χ3v) is 4.57. The summed E-state index contributed by atoms with van der Waals surface area (Å²) < 4.78 is 0. The number of hydrogen-bond donors (Lipinski definition) is 1. The van der Waals surface area contributed by atoms with Crippen LogP contribution < -0.4 is 5.32 Å². The van der Waals surface area contributed by atoms with Crippen LogP contribution in [0.4, 0.5) is 0 Å². The predicted octanol–water partition coefficient (Wildman–Crippen LogP) is 2.52. The minimum Gasteiger partial charge on any atom is -0.314 e. The maximum Gasteiger partial charge on any atom is 0.0377 e. The largest absolute Gasteiger partial charge is 0.314 e. The standard InChI is InChI=1S/C16H24N2/c1-12-3-5-14-6-4-13(2)16(15(14)11-12)18-9-7-17-8-10-18/h3,5,11,13,16-17H,4,6-10H2,1-2H3. The summed E-state index contributed by atoms with van der Waals surface area (Å²) in [6, 6.07) is 7.70. The molecule has 0 radical (unpaired) electrons. The molecule has 2 atom stereocenters. The summed E-state index contributed by atoms with van der Waals surface area (Å²) >= 11 is 0. The highest BCUT2D eigenvalue weighted by atomic mass is 15.2. The number of piperazine rings is 1. The molecule has 98 valence electrons. The Labute approximate surface area is 110 Å². The van der Waals surface area contributed by atoms with Gasteiger partial charge in [-0.1, -0.05) is 30.7 Å². The molecule has 2 unspecified atom stereocenters. The Balaban J connectivity index is 1.95. The minimum atomic E-state index is 0.649. The van der Waals surface area contributed by atoms with Gasteiger partial charge in [0.25, 0.3) is 0 Å². The highest BCUT2D eigenvalue weighted by molar-refractivity contribution is 5.36. The van der Waals surface area contributed by atoms with Gasteiger partial charge >= 0.3 is 0 Å². The van der Waals surface area contributed by atoms with E-state index < -0.39 is 0 Å². The Morgan fingerprint density at radius 1 is 1.22 bits per heavy atom. The van der Waals surface area contributed by atoms with Gasteiger partial charge in [-0.15, -0.1) is 0 Å². The molecule has 1 heterocycles. The van der Waals surface area contributed by atoms with Crippen LogP contribution in [-0.4, -0.2) is 31.1 Å². The molecule has 1 fully saturated rings. The molecule has 2 aliphatic rings. The molecule has 1 aromatic carbocycles. The van der Waals surface area contributed by atoms with Crippen molar-refractivity contribution in [3.63, 3.8) is 0 Å². The van der Waals surface area contributed by atoms with Gasteiger partial charge in [0, 0.05) is 32.2 Å². The van der Waals surface area contributed by atoms with Crippen LogP contribution in [0.5, 0.6) is 0 Å². The first-order valence-electron chi connectivity index (χ1n) is 7.30. The smallest absolute Gasteiger partial charge is 0.0377 e. The van der Waals surface area contributed by atoms with Crippen molar-refractivity contribution < 1.29 is 0 Å². The lowest BCUT2D eigenvalue weighted by atomic mass is 9.79. The molecular weight excluding hydrogens is 220 g/mol. The van der Waals surface area contributed by atoms with Crippen molar-refractivity contribution in [2.75, 3.05) is 26.2 Å². The van der Waals surface area contributed by atoms with E-state index in [2.05, 4.69) is 42.3 Å². The van der Waals surface area contributed by atoms with E-state index in [0.717, 1.165) is 19.0 Å². The maximum atomic E-state index is 3.46. The molecule has 0 spiro atoms. The van der Waals surface area contributed by atoms with Crippen LogP contribution in [0.1, 0.15) is 36.1 Å². The Bertz CT molecular complexity index is 421. The predicted molar refractivity (Wildman–Crippen MR) is 75.8 cm³/mol. The molecule has 3 rings (SSSR count). The van der Waals surface area contributed by atoms with Gasteiger partial charge in [-0.2, -0.15) is 0 Å². The van der Waals surface area contributed by atoms with Crippen molar-refractivity contribution in [2.24, 2.45) is 5.92 Å². The van der Waals surface area contributed by atoms with E-state index in [9.17, 15) is 0 Å². The first-order chi connectivity index (χ1) is 8.75. The highest BCUT2D eigenvalue weighted by Gasteiger charge is 2.31. The van der Waals surface area contributed by atoms with E-state index in [1.807, 2.05) is 0 Å². The number of nitrogens with one attached hydrogen (secondary N) is 1. The fraction of sp³-hybridized carbons (Fsp3) is 0.625. The third-order valence-electron chi connectivity index (χ3n) is 4.57. The molecule has 0 bridgehead atoms. The summed E-state index contributed by atoms with van der Waals surface area (Å²) in [5.41, 5.74) is 4.60. The van der Waals surface area contributed by atoms with Gasteiger partial charge in [0.2, 0.25) is 0 Å². The van der Waals surface area contributed by atoms with E-state index in [4.69, 9.17) is 0 Å². The fourth-order valence-electron chi connectivity index (χ4n) is 3.58. The van der Waals surface area contributed by atoms with Crippen molar-refractivity contribution in [1.82, 2.24) is 10.2 Å². The summed E-state index contributed by atoms with van der Waals surface area (Å²) in [6.45, 7) is 9.33. The van der Waals surface area contributed by atoms with Gasteiger partial charge in [0.15, 0.2) is 0 Å². The van der Waals surface area contributed by atoms with E-state index in [0.29, 0.717) is 6.04 Å². The van der Waals surface area contributed by atoms with Gasteiger partial charge in [-0.05, 0) is 36.8 Å². The molecule has 0 amide bonds. The lowest BCUT2D eigenvalue weighted by Gasteiger charge is -2.42. The molecule has 1 saturated heterocycles. The average molecular weight is 244 g/mol. The number of hydrogen-bond acceptors (Lipinski definition) is 2. The molecule has 18 heavy (non-hydrogen) atoms. The first kappa shape index (κ1) is 12.2. The summed E-state index contributed by atoms with van der Waals surface area (Å²) in [5.74, 6) is 0.789. The van der Waals surface area contributed by atoms with Crippen LogP contribution in [0.25, 0.3) is 0 Å². The van der Waals surface area contributed by atoms with Crippen LogP contribution in [0, 0.1) is 12.8 Å². The molecule has 2 heteroatoms. The van der Waals surface area contributed by atoms with Gasteiger partial charge in [0.1, 0.15) is 0 Å². The Morgan fingerprint density at radius 2 is 2.00 bits per heavy atom. The van der Waals surface area contributed by atoms with Crippen molar-refractivity contribution in [2.45, 2.75) is 32.7 Å². The number of aryl methyl sites for hydroxylation is 2. The van der Waals surface area contributed by atoms with Crippen LogP contribution in [0.2, 0.25) is 0 Å². The van der Waals surface area contributed by atoms with Gasteiger partial charge in [-0.25, -0.2) is 0 Å². The Morgan fingerprint density at radius 3 is 2.78 bits per heavy atom.